The Morgan fingerprint density at radius 2 is 2.00 bits per heavy atom. The van der Waals surface area contributed by atoms with Gasteiger partial charge in [0.2, 0.25) is 9.84 Å². The fraction of sp³-hybridized carbons (Fsp3) is 0.389. The average molecular weight is 426 g/mol. The summed E-state index contributed by atoms with van der Waals surface area (Å²) in [6.07, 6.45) is 2.93. The first-order chi connectivity index (χ1) is 12.7. The molecule has 0 saturated carbocycles. The average Bonchev–Trinajstić information content (AvgIpc) is 3.10. The third kappa shape index (κ3) is 3.93. The lowest BCUT2D eigenvalue weighted by molar-refractivity contribution is -0.0204. The number of thioether (sulfide) groups is 1. The van der Waals surface area contributed by atoms with Gasteiger partial charge in [0.25, 0.3) is 0 Å². The van der Waals surface area contributed by atoms with Crippen molar-refractivity contribution < 1.29 is 13.5 Å². The summed E-state index contributed by atoms with van der Waals surface area (Å²) in [5, 5.41) is 18.6. The highest BCUT2D eigenvalue weighted by Crippen LogP contribution is 2.38. The van der Waals surface area contributed by atoms with Crippen LogP contribution in [0.3, 0.4) is 0 Å². The summed E-state index contributed by atoms with van der Waals surface area (Å²) in [6.45, 7) is 1.52. The first kappa shape index (κ1) is 20.3. The molecule has 0 aliphatic carbocycles. The lowest BCUT2D eigenvalue weighted by Crippen LogP contribution is -2.40. The number of hydrogen-bond donors (Lipinski definition) is 3. The molecule has 9 heteroatoms. The second-order valence-electron chi connectivity index (χ2n) is 6.75. The van der Waals surface area contributed by atoms with E-state index < -0.39 is 15.4 Å². The Hall–Kier alpha value is -1.39. The molecule has 27 heavy (non-hydrogen) atoms. The molecule has 1 aromatic carbocycles. The number of sulfone groups is 1. The van der Waals surface area contributed by atoms with E-state index in [1.54, 1.807) is 30.5 Å². The predicted octanol–water partition coefficient (Wildman–Crippen LogP) is 2.50. The number of thiophene rings is 1. The van der Waals surface area contributed by atoms with Gasteiger partial charge >= 0.3 is 0 Å². The van der Waals surface area contributed by atoms with Gasteiger partial charge in [0.15, 0.2) is 0 Å². The number of nitrogens with zero attached hydrogens (tertiary/aromatic N) is 1. The van der Waals surface area contributed by atoms with Crippen LogP contribution in [0.4, 0.5) is 0 Å². The van der Waals surface area contributed by atoms with E-state index in [4.69, 9.17) is 11.1 Å². The maximum absolute atomic E-state index is 13.2. The lowest BCUT2D eigenvalue weighted by atomic mass is 9.85. The Bertz CT molecular complexity index is 961. The predicted molar refractivity (Wildman–Crippen MR) is 110 cm³/mol. The van der Waals surface area contributed by atoms with Gasteiger partial charge in [-0.15, -0.1) is 23.1 Å². The van der Waals surface area contributed by atoms with E-state index in [1.807, 2.05) is 7.05 Å². The Morgan fingerprint density at radius 1 is 1.33 bits per heavy atom. The van der Waals surface area contributed by atoms with Crippen molar-refractivity contribution in [2.24, 2.45) is 5.73 Å². The molecule has 0 radical (unpaired) electrons. The van der Waals surface area contributed by atoms with Gasteiger partial charge in [-0.25, -0.2) is 8.42 Å². The summed E-state index contributed by atoms with van der Waals surface area (Å²) < 4.78 is 27.1. The van der Waals surface area contributed by atoms with Crippen molar-refractivity contribution >= 4 is 38.8 Å². The number of nitrogens with one attached hydrogen (secondary N) is 1. The lowest BCUT2D eigenvalue weighted by Gasteiger charge is -2.37. The van der Waals surface area contributed by atoms with Crippen LogP contribution >= 0.6 is 23.1 Å². The number of aliphatic hydroxyl groups is 1. The molecule has 1 fully saturated rings. The van der Waals surface area contributed by atoms with E-state index in [0.717, 1.165) is 13.1 Å². The van der Waals surface area contributed by atoms with Gasteiger partial charge in [0.1, 0.15) is 5.84 Å². The molecule has 1 aliphatic heterocycles. The second-order valence-corrected chi connectivity index (χ2v) is 10.8. The van der Waals surface area contributed by atoms with Crippen LogP contribution in [-0.4, -0.2) is 50.7 Å². The Labute approximate surface area is 167 Å². The molecular formula is C18H23N3O3S3. The number of rotatable bonds is 5. The number of nitrogen functional groups attached to an aromatic ring is 1. The van der Waals surface area contributed by atoms with Gasteiger partial charge in [-0.05, 0) is 49.9 Å². The van der Waals surface area contributed by atoms with E-state index in [9.17, 15) is 13.5 Å². The number of amidine groups is 1. The van der Waals surface area contributed by atoms with Crippen molar-refractivity contribution in [3.05, 3.63) is 40.8 Å². The van der Waals surface area contributed by atoms with Crippen molar-refractivity contribution in [1.29, 1.82) is 5.41 Å². The van der Waals surface area contributed by atoms with E-state index in [1.165, 1.54) is 29.2 Å². The Kier molecular flexibility index (Phi) is 5.69. The highest BCUT2D eigenvalue weighted by atomic mass is 32.2. The van der Waals surface area contributed by atoms with Crippen molar-refractivity contribution in [3.8, 4) is 0 Å². The van der Waals surface area contributed by atoms with Crippen LogP contribution in [0.1, 0.15) is 23.3 Å². The van der Waals surface area contributed by atoms with Crippen LogP contribution in [0.2, 0.25) is 0 Å². The first-order valence-electron chi connectivity index (χ1n) is 8.46. The molecule has 0 bridgehead atoms. The molecule has 0 atom stereocenters. The van der Waals surface area contributed by atoms with Crippen molar-refractivity contribution in [2.45, 2.75) is 32.4 Å². The molecule has 3 rings (SSSR count). The molecule has 1 aromatic heterocycles. The van der Waals surface area contributed by atoms with Gasteiger partial charge in [0.05, 0.1) is 24.5 Å². The zero-order chi connectivity index (χ0) is 19.8. The minimum absolute atomic E-state index is 0.147. The number of benzene rings is 1. The highest BCUT2D eigenvalue weighted by Gasteiger charge is 2.34. The first-order valence-corrected chi connectivity index (χ1v) is 12.0. The van der Waals surface area contributed by atoms with Crippen molar-refractivity contribution in [3.63, 3.8) is 0 Å². The fourth-order valence-electron chi connectivity index (χ4n) is 3.18. The smallest absolute Gasteiger partial charge is 0.208 e. The number of nitrogens with two attached hydrogens (primary N) is 1. The standard InChI is InChI=1S/C18H23N3O3S3/c1-21-8-6-18(22,7-9-21)12-4-3-5-13(10-12)27(23,24)15-11-14(16(19)20)26-17(15)25-2/h3-5,10-11,22H,6-9H2,1-2H3,(H3,19,20). The molecule has 1 saturated heterocycles. The Morgan fingerprint density at radius 3 is 2.59 bits per heavy atom. The molecule has 2 aromatic rings. The van der Waals surface area contributed by atoms with Gasteiger partial charge in [-0.3, -0.25) is 5.41 Å². The number of hydrogen-bond acceptors (Lipinski definition) is 7. The molecule has 0 unspecified atom stereocenters. The van der Waals surface area contributed by atoms with E-state index >= 15 is 0 Å². The van der Waals surface area contributed by atoms with Crippen molar-refractivity contribution in [1.82, 2.24) is 4.90 Å². The van der Waals surface area contributed by atoms with Crippen LogP contribution in [0, 0.1) is 5.41 Å². The third-order valence-corrected chi connectivity index (χ3v) is 9.24. The van der Waals surface area contributed by atoms with Crippen LogP contribution in [0.15, 0.2) is 44.3 Å². The summed E-state index contributed by atoms with van der Waals surface area (Å²) in [7, 11) is -1.77. The summed E-state index contributed by atoms with van der Waals surface area (Å²) >= 11 is 2.52. The number of piperidine rings is 1. The molecule has 6 nitrogen and oxygen atoms in total. The van der Waals surface area contributed by atoms with Gasteiger partial charge in [-0.1, -0.05) is 12.1 Å². The van der Waals surface area contributed by atoms with Gasteiger partial charge in [0, 0.05) is 13.1 Å². The molecule has 0 amide bonds. The monoisotopic (exact) mass is 425 g/mol. The van der Waals surface area contributed by atoms with Gasteiger partial charge in [-0.2, -0.15) is 0 Å². The van der Waals surface area contributed by atoms with Crippen molar-refractivity contribution in [2.75, 3.05) is 26.4 Å². The van der Waals surface area contributed by atoms with Crippen LogP contribution in [0.25, 0.3) is 0 Å². The normalized spacial score (nSPS) is 17.7. The quantitative estimate of drug-likeness (QED) is 0.386. The molecule has 0 spiro atoms. The zero-order valence-corrected chi connectivity index (χ0v) is 17.7. The number of likely N-dealkylation sites (tertiary alicyclic amines) is 1. The van der Waals surface area contributed by atoms with Gasteiger partial charge < -0.3 is 15.7 Å². The minimum atomic E-state index is -3.78. The highest BCUT2D eigenvalue weighted by molar-refractivity contribution is 8.01. The SMILES string of the molecule is CSc1sc(C(=N)N)cc1S(=O)(=O)c1cccc(C2(O)CCN(C)CC2)c1. The third-order valence-electron chi connectivity index (χ3n) is 4.90. The molecule has 146 valence electrons. The molecule has 4 N–H and O–H groups in total. The topological polar surface area (TPSA) is 107 Å². The van der Waals surface area contributed by atoms with Crippen LogP contribution < -0.4 is 5.73 Å². The second kappa shape index (κ2) is 7.56. The fourth-order valence-corrected chi connectivity index (χ4v) is 7.08. The van der Waals surface area contributed by atoms with E-state index in [0.29, 0.717) is 27.5 Å². The van der Waals surface area contributed by atoms with Crippen LogP contribution in [-0.2, 0) is 15.4 Å². The molecule has 2 heterocycles. The Balaban J connectivity index is 2.03. The maximum atomic E-state index is 13.2. The largest absolute Gasteiger partial charge is 0.385 e. The summed E-state index contributed by atoms with van der Waals surface area (Å²) in [6, 6.07) is 8.05. The minimum Gasteiger partial charge on any atom is -0.385 e. The molecular weight excluding hydrogens is 402 g/mol. The summed E-state index contributed by atoms with van der Waals surface area (Å²) in [4.78, 5) is 2.89. The van der Waals surface area contributed by atoms with Crippen LogP contribution in [0.5, 0.6) is 0 Å². The zero-order valence-electron chi connectivity index (χ0n) is 15.2. The summed E-state index contributed by atoms with van der Waals surface area (Å²) in [5.41, 5.74) is 5.15. The molecule has 1 aliphatic rings. The maximum Gasteiger partial charge on any atom is 0.208 e. The van der Waals surface area contributed by atoms with E-state index in [2.05, 4.69) is 4.90 Å². The van der Waals surface area contributed by atoms with E-state index in [-0.39, 0.29) is 15.6 Å². The summed E-state index contributed by atoms with van der Waals surface area (Å²) in [5.74, 6) is -0.147.